The van der Waals surface area contributed by atoms with E-state index in [2.05, 4.69) is 61.1 Å². The maximum absolute atomic E-state index is 4.61. The molecule has 0 aliphatic heterocycles. The first-order chi connectivity index (χ1) is 7.29. The summed E-state index contributed by atoms with van der Waals surface area (Å²) in [6.45, 7) is 0. The summed E-state index contributed by atoms with van der Waals surface area (Å²) in [5.74, 6) is 0. The van der Waals surface area contributed by atoms with E-state index in [1.165, 1.54) is 5.39 Å². The molecule has 1 unspecified atom stereocenters. The van der Waals surface area contributed by atoms with Gasteiger partial charge in [-0.05, 0) is 12.1 Å². The van der Waals surface area contributed by atoms with Gasteiger partial charge in [0.05, 0.1) is 5.52 Å². The molecule has 1 nitrogen and oxygen atoms in total. The number of pyridine rings is 1. The average molecular weight is 329 g/mol. The van der Waals surface area contributed by atoms with E-state index in [1.807, 2.05) is 12.1 Å². The van der Waals surface area contributed by atoms with Crippen LogP contribution in [0.5, 0.6) is 0 Å². The van der Waals surface area contributed by atoms with Gasteiger partial charge in [-0.15, -0.1) is 0 Å². The number of benzene rings is 1. The summed E-state index contributed by atoms with van der Waals surface area (Å²) < 4.78 is 0. The van der Waals surface area contributed by atoms with Crippen molar-refractivity contribution in [1.82, 2.24) is 4.98 Å². The van der Waals surface area contributed by atoms with Crippen molar-refractivity contribution in [1.29, 1.82) is 0 Å². The molecule has 0 fully saturated rings. The first-order valence-electron chi connectivity index (χ1n) is 4.84. The second-order valence-electron chi connectivity index (χ2n) is 3.45. The highest BCUT2D eigenvalue weighted by Gasteiger charge is 2.05. The molecule has 1 atom stereocenters. The fourth-order valence-corrected chi connectivity index (χ4v) is 2.06. The average Bonchev–Trinajstić information content (AvgIpc) is 2.29. The SMILES string of the molecule is BrCC(Br)Cc1ccc2ccccc2n1. The number of nitrogens with zero attached hydrogens (tertiary/aromatic N) is 1. The Balaban J connectivity index is 2.30. The summed E-state index contributed by atoms with van der Waals surface area (Å²) in [5.41, 5.74) is 2.21. The zero-order valence-electron chi connectivity index (χ0n) is 8.16. The Labute approximate surface area is 106 Å². The van der Waals surface area contributed by atoms with Crippen LogP contribution < -0.4 is 0 Å². The van der Waals surface area contributed by atoms with Gasteiger partial charge in [0.15, 0.2) is 0 Å². The third-order valence-electron chi connectivity index (χ3n) is 2.25. The molecule has 78 valence electrons. The van der Waals surface area contributed by atoms with Gasteiger partial charge in [0, 0.05) is 27.7 Å². The molecule has 2 aromatic rings. The number of rotatable bonds is 3. The minimum atomic E-state index is 0.450. The molecule has 2 rings (SSSR count). The van der Waals surface area contributed by atoms with Crippen LogP contribution >= 0.6 is 31.9 Å². The van der Waals surface area contributed by atoms with Gasteiger partial charge in [-0.1, -0.05) is 56.1 Å². The molecule has 0 radical (unpaired) electrons. The van der Waals surface area contributed by atoms with Crippen molar-refractivity contribution in [3.05, 3.63) is 42.1 Å². The Morgan fingerprint density at radius 2 is 1.93 bits per heavy atom. The van der Waals surface area contributed by atoms with E-state index in [4.69, 9.17) is 0 Å². The molecule has 0 saturated carbocycles. The molecule has 0 saturated heterocycles. The summed E-state index contributed by atoms with van der Waals surface area (Å²) in [7, 11) is 0. The van der Waals surface area contributed by atoms with Crippen molar-refractivity contribution >= 4 is 42.8 Å². The maximum Gasteiger partial charge on any atom is 0.0705 e. The number of alkyl halides is 2. The molecule has 0 aliphatic rings. The van der Waals surface area contributed by atoms with Crippen LogP contribution in [-0.4, -0.2) is 15.1 Å². The largest absolute Gasteiger partial charge is 0.253 e. The van der Waals surface area contributed by atoms with Crippen LogP contribution in [-0.2, 0) is 6.42 Å². The molecule has 0 N–H and O–H groups in total. The van der Waals surface area contributed by atoms with Gasteiger partial charge < -0.3 is 0 Å². The van der Waals surface area contributed by atoms with Crippen LogP contribution in [0.3, 0.4) is 0 Å². The smallest absolute Gasteiger partial charge is 0.0705 e. The lowest BCUT2D eigenvalue weighted by molar-refractivity contribution is 0.937. The number of hydrogen-bond donors (Lipinski definition) is 0. The first-order valence-corrected chi connectivity index (χ1v) is 6.88. The first kappa shape index (κ1) is 11.1. The van der Waals surface area contributed by atoms with Gasteiger partial charge in [0.25, 0.3) is 0 Å². The standard InChI is InChI=1S/C12H11Br2N/c13-8-10(14)7-11-6-5-9-3-1-2-4-12(9)15-11/h1-6,10H,7-8H2. The summed E-state index contributed by atoms with van der Waals surface area (Å²) in [6, 6.07) is 12.4. The van der Waals surface area contributed by atoms with E-state index in [9.17, 15) is 0 Å². The third kappa shape index (κ3) is 2.79. The van der Waals surface area contributed by atoms with Gasteiger partial charge in [-0.25, -0.2) is 0 Å². The molecule has 1 aromatic carbocycles. The summed E-state index contributed by atoms with van der Waals surface area (Å²) >= 11 is 7.04. The lowest BCUT2D eigenvalue weighted by atomic mass is 10.1. The quantitative estimate of drug-likeness (QED) is 0.778. The highest BCUT2D eigenvalue weighted by Crippen LogP contribution is 2.15. The molecule has 1 aromatic heterocycles. The molecule has 15 heavy (non-hydrogen) atoms. The minimum absolute atomic E-state index is 0.450. The molecule has 3 heteroatoms. The lowest BCUT2D eigenvalue weighted by Crippen LogP contribution is -2.05. The fourth-order valence-electron chi connectivity index (χ4n) is 1.50. The Kier molecular flexibility index (Phi) is 3.76. The zero-order chi connectivity index (χ0) is 10.7. The van der Waals surface area contributed by atoms with Crippen molar-refractivity contribution in [3.63, 3.8) is 0 Å². The highest BCUT2D eigenvalue weighted by molar-refractivity contribution is 9.12. The van der Waals surface area contributed by atoms with Crippen molar-refractivity contribution in [2.24, 2.45) is 0 Å². The molecule has 0 spiro atoms. The lowest BCUT2D eigenvalue weighted by Gasteiger charge is -2.06. The van der Waals surface area contributed by atoms with E-state index < -0.39 is 0 Å². The predicted octanol–water partition coefficient (Wildman–Crippen LogP) is 3.94. The van der Waals surface area contributed by atoms with Gasteiger partial charge in [0.2, 0.25) is 0 Å². The normalized spacial score (nSPS) is 12.9. The molecule has 0 amide bonds. The second-order valence-corrected chi connectivity index (χ2v) is 5.39. The Morgan fingerprint density at radius 3 is 2.73 bits per heavy atom. The number of aromatic nitrogens is 1. The second kappa shape index (κ2) is 5.08. The summed E-state index contributed by atoms with van der Waals surface area (Å²) in [4.78, 5) is 5.06. The van der Waals surface area contributed by atoms with Crippen molar-refractivity contribution in [2.75, 3.05) is 5.33 Å². The van der Waals surface area contributed by atoms with Crippen LogP contribution in [0, 0.1) is 0 Å². The predicted molar refractivity (Wildman–Crippen MR) is 72.0 cm³/mol. The number of hydrogen-bond acceptors (Lipinski definition) is 1. The molecular weight excluding hydrogens is 318 g/mol. The van der Waals surface area contributed by atoms with E-state index in [1.54, 1.807) is 0 Å². The van der Waals surface area contributed by atoms with Crippen molar-refractivity contribution < 1.29 is 0 Å². The summed E-state index contributed by atoms with van der Waals surface area (Å²) in [5, 5.41) is 2.15. The highest BCUT2D eigenvalue weighted by atomic mass is 79.9. The Morgan fingerprint density at radius 1 is 1.13 bits per heavy atom. The van der Waals surface area contributed by atoms with Crippen LogP contribution in [0.25, 0.3) is 10.9 Å². The van der Waals surface area contributed by atoms with Crippen LogP contribution in [0.1, 0.15) is 5.69 Å². The Bertz CT molecular complexity index is 456. The third-order valence-corrected chi connectivity index (χ3v) is 4.55. The van der Waals surface area contributed by atoms with Crippen LogP contribution in [0.2, 0.25) is 0 Å². The minimum Gasteiger partial charge on any atom is -0.253 e. The number of halogens is 2. The van der Waals surface area contributed by atoms with E-state index in [0.717, 1.165) is 23.0 Å². The topological polar surface area (TPSA) is 12.9 Å². The van der Waals surface area contributed by atoms with Gasteiger partial charge in [0.1, 0.15) is 0 Å². The van der Waals surface area contributed by atoms with Crippen molar-refractivity contribution in [3.8, 4) is 0 Å². The van der Waals surface area contributed by atoms with E-state index in [0.29, 0.717) is 4.83 Å². The van der Waals surface area contributed by atoms with E-state index in [-0.39, 0.29) is 0 Å². The molecule has 1 heterocycles. The maximum atomic E-state index is 4.61. The van der Waals surface area contributed by atoms with Crippen LogP contribution in [0.15, 0.2) is 36.4 Å². The molecule has 0 bridgehead atoms. The van der Waals surface area contributed by atoms with Crippen molar-refractivity contribution in [2.45, 2.75) is 11.2 Å². The molecular formula is C12H11Br2N. The summed E-state index contributed by atoms with van der Waals surface area (Å²) in [6.07, 6.45) is 0.954. The van der Waals surface area contributed by atoms with Gasteiger partial charge >= 0.3 is 0 Å². The monoisotopic (exact) mass is 327 g/mol. The van der Waals surface area contributed by atoms with Gasteiger partial charge in [-0.2, -0.15) is 0 Å². The zero-order valence-corrected chi connectivity index (χ0v) is 11.3. The van der Waals surface area contributed by atoms with Crippen LogP contribution in [0.4, 0.5) is 0 Å². The fraction of sp³-hybridized carbons (Fsp3) is 0.250. The van der Waals surface area contributed by atoms with E-state index >= 15 is 0 Å². The molecule has 0 aliphatic carbocycles. The Hall–Kier alpha value is -0.410. The van der Waals surface area contributed by atoms with Gasteiger partial charge in [-0.3, -0.25) is 4.98 Å². The number of para-hydroxylation sites is 1. The number of fused-ring (bicyclic) bond motifs is 1.